The maximum atomic E-state index is 11.3. The predicted octanol–water partition coefficient (Wildman–Crippen LogP) is -0.473. The van der Waals surface area contributed by atoms with E-state index in [1.807, 2.05) is 0 Å². The first-order valence-electron chi connectivity index (χ1n) is 4.12. The van der Waals surface area contributed by atoms with Crippen molar-refractivity contribution >= 4 is 16.1 Å². The Morgan fingerprint density at radius 3 is 2.80 bits per heavy atom. The van der Waals surface area contributed by atoms with Crippen molar-refractivity contribution in [2.45, 2.75) is 0 Å². The lowest BCUT2D eigenvalue weighted by Crippen LogP contribution is -2.21. The molecule has 0 aliphatic heterocycles. The summed E-state index contributed by atoms with van der Waals surface area (Å²) in [5.41, 5.74) is 5.13. The van der Waals surface area contributed by atoms with E-state index in [9.17, 15) is 13.2 Å². The average molecular weight is 230 g/mol. The van der Waals surface area contributed by atoms with E-state index in [0.29, 0.717) is 0 Å². The molecule has 6 nitrogen and oxygen atoms in total. The standard InChI is InChI=1S/C8H10N2O4S/c9-3-5-15(12,13)14-8(11)7-2-1-4-10-6-7/h1-2,4,6H,3,5,9H2. The van der Waals surface area contributed by atoms with Gasteiger partial charge in [-0.2, -0.15) is 8.42 Å². The minimum atomic E-state index is -3.88. The average Bonchev–Trinajstić information content (AvgIpc) is 2.18. The Morgan fingerprint density at radius 2 is 2.27 bits per heavy atom. The Labute approximate surface area is 87.2 Å². The zero-order valence-corrected chi connectivity index (χ0v) is 8.61. The number of aromatic nitrogens is 1. The smallest absolute Gasteiger partial charge is 0.341 e. The molecule has 0 unspecified atom stereocenters. The van der Waals surface area contributed by atoms with Crippen LogP contribution in [0.25, 0.3) is 0 Å². The molecule has 2 N–H and O–H groups in total. The molecule has 0 bridgehead atoms. The Morgan fingerprint density at radius 1 is 1.53 bits per heavy atom. The van der Waals surface area contributed by atoms with E-state index in [1.54, 1.807) is 0 Å². The maximum absolute atomic E-state index is 11.3. The van der Waals surface area contributed by atoms with Gasteiger partial charge in [0.05, 0.1) is 11.3 Å². The van der Waals surface area contributed by atoms with Crippen LogP contribution in [0.5, 0.6) is 0 Å². The van der Waals surface area contributed by atoms with Crippen LogP contribution in [0.4, 0.5) is 0 Å². The fourth-order valence-electron chi connectivity index (χ4n) is 0.833. The van der Waals surface area contributed by atoms with Crippen LogP contribution in [-0.2, 0) is 14.3 Å². The van der Waals surface area contributed by atoms with Crippen LogP contribution >= 0.6 is 0 Å². The van der Waals surface area contributed by atoms with Crippen LogP contribution in [-0.4, -0.2) is 31.7 Å². The molecule has 0 spiro atoms. The van der Waals surface area contributed by atoms with E-state index in [-0.39, 0.29) is 17.9 Å². The van der Waals surface area contributed by atoms with Crippen molar-refractivity contribution in [2.75, 3.05) is 12.3 Å². The van der Waals surface area contributed by atoms with Crippen molar-refractivity contribution in [1.82, 2.24) is 4.98 Å². The van der Waals surface area contributed by atoms with E-state index >= 15 is 0 Å². The summed E-state index contributed by atoms with van der Waals surface area (Å²) >= 11 is 0. The highest BCUT2D eigenvalue weighted by Gasteiger charge is 2.17. The minimum Gasteiger partial charge on any atom is -0.341 e. The van der Waals surface area contributed by atoms with E-state index in [1.165, 1.54) is 24.5 Å². The van der Waals surface area contributed by atoms with E-state index in [2.05, 4.69) is 9.17 Å². The SMILES string of the molecule is NCCS(=O)(=O)OC(=O)c1cccnc1. The molecular weight excluding hydrogens is 220 g/mol. The molecule has 0 amide bonds. The molecule has 0 saturated carbocycles. The van der Waals surface area contributed by atoms with Gasteiger partial charge in [-0.1, -0.05) is 0 Å². The van der Waals surface area contributed by atoms with E-state index < -0.39 is 16.1 Å². The number of nitrogens with zero attached hydrogens (tertiary/aromatic N) is 1. The Hall–Kier alpha value is -1.47. The summed E-state index contributed by atoms with van der Waals surface area (Å²) in [6.07, 6.45) is 2.69. The quantitative estimate of drug-likeness (QED) is 0.702. The number of nitrogens with two attached hydrogens (primary N) is 1. The maximum Gasteiger partial charge on any atom is 0.355 e. The first-order valence-corrected chi connectivity index (χ1v) is 5.69. The van der Waals surface area contributed by atoms with Gasteiger partial charge < -0.3 is 9.92 Å². The normalized spacial score (nSPS) is 11.0. The fraction of sp³-hybridized carbons (Fsp3) is 0.250. The van der Waals surface area contributed by atoms with E-state index in [0.717, 1.165) is 0 Å². The summed E-state index contributed by atoms with van der Waals surface area (Å²) in [6, 6.07) is 2.92. The van der Waals surface area contributed by atoms with Gasteiger partial charge in [-0.3, -0.25) is 4.98 Å². The number of carbonyl (C=O) groups is 1. The summed E-state index contributed by atoms with van der Waals surface area (Å²) < 4.78 is 26.4. The largest absolute Gasteiger partial charge is 0.355 e. The molecule has 0 aliphatic carbocycles. The molecule has 0 aliphatic rings. The molecule has 0 fully saturated rings. The third-order valence-corrected chi connectivity index (χ3v) is 2.61. The van der Waals surface area contributed by atoms with Gasteiger partial charge in [0, 0.05) is 18.9 Å². The Balaban J connectivity index is 2.73. The first kappa shape index (κ1) is 11.6. The zero-order chi connectivity index (χ0) is 11.3. The van der Waals surface area contributed by atoms with Gasteiger partial charge in [-0.15, -0.1) is 0 Å². The summed E-state index contributed by atoms with van der Waals surface area (Å²) in [4.78, 5) is 14.9. The van der Waals surface area contributed by atoms with Crippen LogP contribution in [0.15, 0.2) is 24.5 Å². The predicted molar refractivity (Wildman–Crippen MR) is 52.5 cm³/mol. The van der Waals surface area contributed by atoms with Gasteiger partial charge in [0.25, 0.3) is 0 Å². The summed E-state index contributed by atoms with van der Waals surface area (Å²) in [7, 11) is -3.88. The van der Waals surface area contributed by atoms with Crippen molar-refractivity contribution in [1.29, 1.82) is 0 Å². The van der Waals surface area contributed by atoms with Gasteiger partial charge in [0.1, 0.15) is 0 Å². The highest BCUT2D eigenvalue weighted by molar-refractivity contribution is 7.87. The lowest BCUT2D eigenvalue weighted by Gasteiger charge is -2.03. The molecular formula is C8H10N2O4S. The summed E-state index contributed by atoms with van der Waals surface area (Å²) in [5.74, 6) is -1.34. The summed E-state index contributed by atoms with van der Waals surface area (Å²) in [5, 5.41) is 0. The van der Waals surface area contributed by atoms with E-state index in [4.69, 9.17) is 5.73 Å². The number of hydrogen-bond acceptors (Lipinski definition) is 6. The van der Waals surface area contributed by atoms with Crippen molar-refractivity contribution in [3.05, 3.63) is 30.1 Å². The second-order valence-electron chi connectivity index (χ2n) is 2.66. The Bertz CT molecular complexity index is 429. The fourth-order valence-corrected chi connectivity index (χ4v) is 1.53. The van der Waals surface area contributed by atoms with Crippen molar-refractivity contribution in [3.8, 4) is 0 Å². The lowest BCUT2D eigenvalue weighted by molar-refractivity contribution is 0.0746. The highest BCUT2D eigenvalue weighted by atomic mass is 32.2. The molecule has 7 heteroatoms. The molecule has 0 saturated heterocycles. The van der Waals surface area contributed by atoms with Crippen LogP contribution in [0, 0.1) is 0 Å². The van der Waals surface area contributed by atoms with Crippen LogP contribution in [0.3, 0.4) is 0 Å². The Kier molecular flexibility index (Phi) is 3.75. The molecule has 82 valence electrons. The van der Waals surface area contributed by atoms with Gasteiger partial charge in [-0.25, -0.2) is 4.79 Å². The molecule has 1 aromatic rings. The molecule has 15 heavy (non-hydrogen) atoms. The topological polar surface area (TPSA) is 99.4 Å². The molecule has 0 radical (unpaired) electrons. The third-order valence-electron chi connectivity index (χ3n) is 1.47. The zero-order valence-electron chi connectivity index (χ0n) is 7.79. The molecule has 1 heterocycles. The molecule has 0 atom stereocenters. The number of rotatable bonds is 4. The third kappa shape index (κ3) is 3.64. The van der Waals surface area contributed by atoms with Crippen molar-refractivity contribution in [3.63, 3.8) is 0 Å². The number of carbonyl (C=O) groups excluding carboxylic acids is 1. The van der Waals surface area contributed by atoms with Crippen LogP contribution in [0.2, 0.25) is 0 Å². The number of hydrogen-bond donors (Lipinski definition) is 1. The van der Waals surface area contributed by atoms with Crippen molar-refractivity contribution < 1.29 is 17.4 Å². The second kappa shape index (κ2) is 4.85. The summed E-state index contributed by atoms with van der Waals surface area (Å²) in [6.45, 7) is -0.0946. The molecule has 1 rings (SSSR count). The van der Waals surface area contributed by atoms with Crippen LogP contribution in [0.1, 0.15) is 10.4 Å². The van der Waals surface area contributed by atoms with Crippen molar-refractivity contribution in [2.24, 2.45) is 5.73 Å². The lowest BCUT2D eigenvalue weighted by atomic mass is 10.3. The first-order chi connectivity index (χ1) is 7.05. The highest BCUT2D eigenvalue weighted by Crippen LogP contribution is 2.02. The van der Waals surface area contributed by atoms with Gasteiger partial charge in [0.2, 0.25) is 0 Å². The van der Waals surface area contributed by atoms with Gasteiger partial charge >= 0.3 is 16.1 Å². The van der Waals surface area contributed by atoms with Gasteiger partial charge in [0.15, 0.2) is 0 Å². The second-order valence-corrected chi connectivity index (χ2v) is 4.35. The van der Waals surface area contributed by atoms with Crippen LogP contribution < -0.4 is 5.73 Å². The molecule has 0 aromatic carbocycles. The van der Waals surface area contributed by atoms with Gasteiger partial charge in [-0.05, 0) is 12.1 Å². The monoisotopic (exact) mass is 230 g/mol. The number of pyridine rings is 1. The minimum absolute atomic E-state index is 0.0816. The molecule has 1 aromatic heterocycles.